The maximum Gasteiger partial charge on any atom is 0.251 e. The van der Waals surface area contributed by atoms with Gasteiger partial charge in [-0.3, -0.25) is 4.79 Å². The molecule has 112 valence electrons. The molecule has 1 aromatic heterocycles. The van der Waals surface area contributed by atoms with Crippen molar-refractivity contribution in [2.24, 2.45) is 5.92 Å². The minimum atomic E-state index is -0.122. The number of carbonyl (C=O) groups excluding carboxylic acids is 1. The first-order valence-electron chi connectivity index (χ1n) is 7.00. The third-order valence-corrected chi connectivity index (χ3v) is 3.42. The van der Waals surface area contributed by atoms with Crippen LogP contribution < -0.4 is 5.32 Å². The minimum Gasteiger partial charge on any atom is -0.423 e. The van der Waals surface area contributed by atoms with E-state index in [0.717, 1.165) is 12.0 Å². The van der Waals surface area contributed by atoms with Gasteiger partial charge in [-0.25, -0.2) is 0 Å². The number of aliphatic hydroxyl groups excluding tert-OH is 1. The molecule has 2 aromatic rings. The normalized spacial score (nSPS) is 12.1. The molecule has 1 amide bonds. The number of aliphatic hydroxyl groups is 1. The smallest absolute Gasteiger partial charge is 0.251 e. The molecule has 1 unspecified atom stereocenters. The molecule has 1 atom stereocenters. The van der Waals surface area contributed by atoms with Gasteiger partial charge in [0.25, 0.3) is 5.91 Å². The van der Waals surface area contributed by atoms with E-state index < -0.39 is 0 Å². The zero-order valence-corrected chi connectivity index (χ0v) is 12.0. The van der Waals surface area contributed by atoms with Crippen molar-refractivity contribution in [1.82, 2.24) is 15.5 Å². The molecule has 6 nitrogen and oxygen atoms in total. The highest BCUT2D eigenvalue weighted by molar-refractivity contribution is 5.94. The summed E-state index contributed by atoms with van der Waals surface area (Å²) in [4.78, 5) is 12.0. The quantitative estimate of drug-likeness (QED) is 0.812. The summed E-state index contributed by atoms with van der Waals surface area (Å²) in [6.07, 6.45) is 2.89. The number of nitrogens with zero attached hydrogens (tertiary/aromatic N) is 2. The lowest BCUT2D eigenvalue weighted by molar-refractivity contribution is 0.0943. The number of rotatable bonds is 7. The maximum atomic E-state index is 12.0. The molecule has 2 N–H and O–H groups in total. The van der Waals surface area contributed by atoms with Gasteiger partial charge >= 0.3 is 0 Å². The number of nitrogens with one attached hydrogen (secondary N) is 1. The monoisotopic (exact) mass is 289 g/mol. The first kappa shape index (κ1) is 15.2. The SMILES string of the molecule is CCC(CCO)CNC(=O)c1ccc(-c2nnco2)cc1. The molecular weight excluding hydrogens is 270 g/mol. The largest absolute Gasteiger partial charge is 0.423 e. The number of hydrogen-bond acceptors (Lipinski definition) is 5. The van der Waals surface area contributed by atoms with E-state index >= 15 is 0 Å². The van der Waals surface area contributed by atoms with Crippen LogP contribution in [0.3, 0.4) is 0 Å². The summed E-state index contributed by atoms with van der Waals surface area (Å²) in [5.41, 5.74) is 1.35. The molecule has 0 aliphatic carbocycles. The lowest BCUT2D eigenvalue weighted by Gasteiger charge is -2.14. The number of benzene rings is 1. The first-order chi connectivity index (χ1) is 10.2. The third-order valence-electron chi connectivity index (χ3n) is 3.42. The molecule has 0 radical (unpaired) electrons. The van der Waals surface area contributed by atoms with Crippen LogP contribution in [0.4, 0.5) is 0 Å². The average Bonchev–Trinajstić information content (AvgIpc) is 3.05. The van der Waals surface area contributed by atoms with Gasteiger partial charge in [-0.05, 0) is 36.6 Å². The van der Waals surface area contributed by atoms with Crippen molar-refractivity contribution >= 4 is 5.91 Å². The summed E-state index contributed by atoms with van der Waals surface area (Å²) in [5.74, 6) is 0.607. The second kappa shape index (κ2) is 7.54. The summed E-state index contributed by atoms with van der Waals surface area (Å²) in [7, 11) is 0. The van der Waals surface area contributed by atoms with Gasteiger partial charge in [0.15, 0.2) is 0 Å². The van der Waals surface area contributed by atoms with Crippen LogP contribution in [0.5, 0.6) is 0 Å². The number of hydrogen-bond donors (Lipinski definition) is 2. The molecular formula is C15H19N3O3. The molecule has 1 aromatic carbocycles. The number of carbonyl (C=O) groups is 1. The lowest BCUT2D eigenvalue weighted by Crippen LogP contribution is -2.29. The summed E-state index contributed by atoms with van der Waals surface area (Å²) < 4.78 is 5.09. The summed E-state index contributed by atoms with van der Waals surface area (Å²) in [6, 6.07) is 6.99. The van der Waals surface area contributed by atoms with E-state index in [1.165, 1.54) is 6.39 Å². The summed E-state index contributed by atoms with van der Waals surface area (Å²) in [5, 5.41) is 19.3. The van der Waals surface area contributed by atoms with Gasteiger partial charge in [0.1, 0.15) is 0 Å². The van der Waals surface area contributed by atoms with E-state index in [1.54, 1.807) is 24.3 Å². The molecule has 0 aliphatic rings. The second-order valence-electron chi connectivity index (χ2n) is 4.82. The van der Waals surface area contributed by atoms with Crippen LogP contribution in [-0.2, 0) is 0 Å². The Bertz CT molecular complexity index is 552. The molecule has 0 bridgehead atoms. The highest BCUT2D eigenvalue weighted by atomic mass is 16.4. The van der Waals surface area contributed by atoms with Gasteiger partial charge < -0.3 is 14.8 Å². The van der Waals surface area contributed by atoms with E-state index in [2.05, 4.69) is 15.5 Å². The predicted molar refractivity (Wildman–Crippen MR) is 77.6 cm³/mol. The topological polar surface area (TPSA) is 88.2 Å². The van der Waals surface area contributed by atoms with Gasteiger partial charge in [-0.1, -0.05) is 13.3 Å². The van der Waals surface area contributed by atoms with E-state index in [9.17, 15) is 4.79 Å². The molecule has 0 saturated carbocycles. The zero-order chi connectivity index (χ0) is 15.1. The highest BCUT2D eigenvalue weighted by Crippen LogP contribution is 2.16. The number of aromatic nitrogens is 2. The van der Waals surface area contributed by atoms with Crippen LogP contribution in [0.2, 0.25) is 0 Å². The molecule has 0 aliphatic heterocycles. The fourth-order valence-corrected chi connectivity index (χ4v) is 2.04. The van der Waals surface area contributed by atoms with Crippen LogP contribution in [0.25, 0.3) is 11.5 Å². The molecule has 0 spiro atoms. The van der Waals surface area contributed by atoms with Crippen molar-refractivity contribution in [3.8, 4) is 11.5 Å². The molecule has 6 heteroatoms. The van der Waals surface area contributed by atoms with Gasteiger partial charge in [0.2, 0.25) is 12.3 Å². The summed E-state index contributed by atoms with van der Waals surface area (Å²) >= 11 is 0. The van der Waals surface area contributed by atoms with Gasteiger partial charge in [0, 0.05) is 24.3 Å². The van der Waals surface area contributed by atoms with Crippen molar-refractivity contribution in [1.29, 1.82) is 0 Å². The van der Waals surface area contributed by atoms with Crippen molar-refractivity contribution in [3.63, 3.8) is 0 Å². The van der Waals surface area contributed by atoms with Crippen molar-refractivity contribution < 1.29 is 14.3 Å². The minimum absolute atomic E-state index is 0.122. The Morgan fingerprint density at radius 3 is 2.71 bits per heavy atom. The van der Waals surface area contributed by atoms with Crippen molar-refractivity contribution in [2.45, 2.75) is 19.8 Å². The third kappa shape index (κ3) is 4.13. The Labute approximate surface area is 123 Å². The predicted octanol–water partition coefficient (Wildman–Crippen LogP) is 1.87. The van der Waals surface area contributed by atoms with Gasteiger partial charge in [-0.15, -0.1) is 10.2 Å². The molecule has 0 saturated heterocycles. The van der Waals surface area contributed by atoms with Gasteiger partial charge in [0.05, 0.1) is 0 Å². The Morgan fingerprint density at radius 1 is 1.38 bits per heavy atom. The standard InChI is InChI=1S/C15H19N3O3/c1-2-11(7-8-19)9-16-14(20)12-3-5-13(6-4-12)15-18-17-10-21-15/h3-6,10-11,19H,2,7-9H2,1H3,(H,16,20). The van der Waals surface area contributed by atoms with Gasteiger partial charge in [-0.2, -0.15) is 0 Å². The van der Waals surface area contributed by atoms with Crippen LogP contribution >= 0.6 is 0 Å². The zero-order valence-electron chi connectivity index (χ0n) is 12.0. The van der Waals surface area contributed by atoms with Crippen LogP contribution in [0, 0.1) is 5.92 Å². The Hall–Kier alpha value is -2.21. The van der Waals surface area contributed by atoms with E-state index in [-0.39, 0.29) is 12.5 Å². The molecule has 1 heterocycles. The highest BCUT2D eigenvalue weighted by Gasteiger charge is 2.10. The van der Waals surface area contributed by atoms with E-state index in [4.69, 9.17) is 9.52 Å². The van der Waals surface area contributed by atoms with Crippen LogP contribution in [0.15, 0.2) is 35.1 Å². The second-order valence-corrected chi connectivity index (χ2v) is 4.82. The van der Waals surface area contributed by atoms with Crippen molar-refractivity contribution in [2.75, 3.05) is 13.2 Å². The van der Waals surface area contributed by atoms with Crippen molar-refractivity contribution in [3.05, 3.63) is 36.2 Å². The fourth-order valence-electron chi connectivity index (χ4n) is 2.04. The summed E-state index contributed by atoms with van der Waals surface area (Å²) in [6.45, 7) is 2.76. The van der Waals surface area contributed by atoms with Crippen LogP contribution in [-0.4, -0.2) is 34.4 Å². The average molecular weight is 289 g/mol. The Morgan fingerprint density at radius 2 is 2.14 bits per heavy atom. The number of amides is 1. The van der Waals surface area contributed by atoms with E-state index in [0.29, 0.717) is 30.3 Å². The fraction of sp³-hybridized carbons (Fsp3) is 0.400. The van der Waals surface area contributed by atoms with E-state index in [1.807, 2.05) is 6.92 Å². The molecule has 2 rings (SSSR count). The first-order valence-corrected chi connectivity index (χ1v) is 7.00. The molecule has 0 fully saturated rings. The Balaban J connectivity index is 1.94. The lowest BCUT2D eigenvalue weighted by atomic mass is 10.0. The maximum absolute atomic E-state index is 12.0. The Kier molecular flexibility index (Phi) is 5.45. The molecule has 21 heavy (non-hydrogen) atoms. The van der Waals surface area contributed by atoms with Crippen LogP contribution in [0.1, 0.15) is 30.1 Å².